The summed E-state index contributed by atoms with van der Waals surface area (Å²) in [4.78, 5) is 11.1. The van der Waals surface area contributed by atoms with E-state index in [1.54, 1.807) is 0 Å². The molecule has 0 aromatic heterocycles. The second-order valence-corrected chi connectivity index (χ2v) is 3.18. The van der Waals surface area contributed by atoms with Crippen LogP contribution in [0.3, 0.4) is 0 Å². The van der Waals surface area contributed by atoms with Gasteiger partial charge in [-0.3, -0.25) is 4.79 Å². The molecule has 0 heterocycles. The van der Waals surface area contributed by atoms with Gasteiger partial charge < -0.3 is 0 Å². The van der Waals surface area contributed by atoms with Gasteiger partial charge >= 0.3 is 0 Å². The van der Waals surface area contributed by atoms with E-state index in [1.165, 1.54) is 6.42 Å². The third-order valence-electron chi connectivity index (χ3n) is 2.18. The zero-order chi connectivity index (χ0) is 8.10. The van der Waals surface area contributed by atoms with E-state index in [0.717, 1.165) is 25.7 Å². The summed E-state index contributed by atoms with van der Waals surface area (Å²) in [6.07, 6.45) is 9.52. The molecule has 62 valence electrons. The van der Waals surface area contributed by atoms with E-state index in [9.17, 15) is 4.79 Å². The Kier molecular flexibility index (Phi) is 3.34. The maximum absolute atomic E-state index is 11.1. The van der Waals surface area contributed by atoms with Gasteiger partial charge in [-0.1, -0.05) is 25.5 Å². The molecule has 1 saturated carbocycles. The van der Waals surface area contributed by atoms with Crippen molar-refractivity contribution in [3.05, 3.63) is 12.2 Å². The standard InChI is InChI=1S/C10H16O/c1-2-3-4-6-9-7-5-8-10(9)11/h4,6,9H,2-3,5,7-8H2,1H3/b6-4-. The van der Waals surface area contributed by atoms with Crippen molar-refractivity contribution in [2.75, 3.05) is 0 Å². The van der Waals surface area contributed by atoms with Crippen LogP contribution in [-0.4, -0.2) is 5.78 Å². The number of carbonyl (C=O) groups excluding carboxylic acids is 1. The monoisotopic (exact) mass is 152 g/mol. The number of hydrogen-bond donors (Lipinski definition) is 0. The molecule has 1 aliphatic carbocycles. The van der Waals surface area contributed by atoms with E-state index in [2.05, 4.69) is 19.1 Å². The van der Waals surface area contributed by atoms with Crippen molar-refractivity contribution in [3.8, 4) is 0 Å². The number of ketones is 1. The average molecular weight is 152 g/mol. The topological polar surface area (TPSA) is 17.1 Å². The zero-order valence-electron chi connectivity index (χ0n) is 7.18. The Hall–Kier alpha value is -0.590. The number of allylic oxidation sites excluding steroid dienone is 2. The van der Waals surface area contributed by atoms with Crippen LogP contribution in [0.2, 0.25) is 0 Å². The summed E-state index contributed by atoms with van der Waals surface area (Å²) in [7, 11) is 0. The molecule has 0 aromatic carbocycles. The summed E-state index contributed by atoms with van der Waals surface area (Å²) < 4.78 is 0. The fourth-order valence-corrected chi connectivity index (χ4v) is 1.47. The number of carbonyl (C=O) groups is 1. The molecule has 1 rings (SSSR count). The molecule has 11 heavy (non-hydrogen) atoms. The summed E-state index contributed by atoms with van der Waals surface area (Å²) in [6, 6.07) is 0. The summed E-state index contributed by atoms with van der Waals surface area (Å²) in [6.45, 7) is 2.15. The predicted molar refractivity (Wildman–Crippen MR) is 46.4 cm³/mol. The largest absolute Gasteiger partial charge is 0.299 e. The molecule has 0 aliphatic heterocycles. The van der Waals surface area contributed by atoms with Gasteiger partial charge in [0.1, 0.15) is 5.78 Å². The van der Waals surface area contributed by atoms with E-state index in [1.807, 2.05) is 0 Å². The van der Waals surface area contributed by atoms with Crippen molar-refractivity contribution >= 4 is 5.78 Å². The Morgan fingerprint density at radius 1 is 1.64 bits per heavy atom. The van der Waals surface area contributed by atoms with E-state index >= 15 is 0 Å². The summed E-state index contributed by atoms with van der Waals surface area (Å²) in [5.41, 5.74) is 0. The lowest BCUT2D eigenvalue weighted by molar-refractivity contribution is -0.119. The molecule has 0 saturated heterocycles. The minimum atomic E-state index is 0.265. The molecule has 1 aliphatic rings. The first-order valence-corrected chi connectivity index (χ1v) is 4.54. The number of rotatable bonds is 3. The van der Waals surface area contributed by atoms with Crippen LogP contribution in [0, 0.1) is 5.92 Å². The van der Waals surface area contributed by atoms with Crippen molar-refractivity contribution in [1.82, 2.24) is 0 Å². The SMILES string of the molecule is CCC/C=C\C1CCCC1=O. The molecule has 0 amide bonds. The smallest absolute Gasteiger partial charge is 0.139 e. The lowest BCUT2D eigenvalue weighted by atomic mass is 10.1. The maximum atomic E-state index is 11.1. The van der Waals surface area contributed by atoms with Gasteiger partial charge in [-0.2, -0.15) is 0 Å². The zero-order valence-corrected chi connectivity index (χ0v) is 7.18. The van der Waals surface area contributed by atoms with Crippen LogP contribution < -0.4 is 0 Å². The van der Waals surface area contributed by atoms with Gasteiger partial charge in [-0.05, 0) is 19.3 Å². The predicted octanol–water partition coefficient (Wildman–Crippen LogP) is 2.71. The molecule has 0 spiro atoms. The van der Waals surface area contributed by atoms with Gasteiger partial charge in [0, 0.05) is 12.3 Å². The van der Waals surface area contributed by atoms with Gasteiger partial charge in [0.05, 0.1) is 0 Å². The van der Waals surface area contributed by atoms with Gasteiger partial charge in [-0.15, -0.1) is 0 Å². The Morgan fingerprint density at radius 3 is 3.00 bits per heavy atom. The van der Waals surface area contributed by atoms with Crippen molar-refractivity contribution in [1.29, 1.82) is 0 Å². The fraction of sp³-hybridized carbons (Fsp3) is 0.700. The van der Waals surface area contributed by atoms with E-state index in [-0.39, 0.29) is 5.92 Å². The first-order valence-electron chi connectivity index (χ1n) is 4.54. The minimum absolute atomic E-state index is 0.265. The average Bonchev–Trinajstić information content (AvgIpc) is 2.37. The Morgan fingerprint density at radius 2 is 2.45 bits per heavy atom. The molecule has 1 fully saturated rings. The van der Waals surface area contributed by atoms with Crippen LogP contribution >= 0.6 is 0 Å². The van der Waals surface area contributed by atoms with Crippen LogP contribution in [0.15, 0.2) is 12.2 Å². The fourth-order valence-electron chi connectivity index (χ4n) is 1.47. The highest BCUT2D eigenvalue weighted by molar-refractivity contribution is 5.84. The molecular weight excluding hydrogens is 136 g/mol. The number of unbranched alkanes of at least 4 members (excludes halogenated alkanes) is 1. The second kappa shape index (κ2) is 4.32. The second-order valence-electron chi connectivity index (χ2n) is 3.18. The molecule has 1 heteroatoms. The maximum Gasteiger partial charge on any atom is 0.139 e. The Balaban J connectivity index is 2.30. The van der Waals surface area contributed by atoms with Crippen molar-refractivity contribution < 1.29 is 4.79 Å². The Labute approximate surface area is 68.5 Å². The lowest BCUT2D eigenvalue weighted by Crippen LogP contribution is -2.01. The molecular formula is C10H16O. The molecule has 0 radical (unpaired) electrons. The minimum Gasteiger partial charge on any atom is -0.299 e. The quantitative estimate of drug-likeness (QED) is 0.568. The van der Waals surface area contributed by atoms with Gasteiger partial charge in [-0.25, -0.2) is 0 Å². The number of hydrogen-bond acceptors (Lipinski definition) is 1. The van der Waals surface area contributed by atoms with Crippen LogP contribution in [0.4, 0.5) is 0 Å². The highest BCUT2D eigenvalue weighted by atomic mass is 16.1. The first-order chi connectivity index (χ1) is 5.34. The molecule has 1 atom stereocenters. The lowest BCUT2D eigenvalue weighted by Gasteiger charge is -1.97. The summed E-state index contributed by atoms with van der Waals surface area (Å²) in [5, 5.41) is 0. The normalized spacial score (nSPS) is 25.2. The van der Waals surface area contributed by atoms with E-state index in [4.69, 9.17) is 0 Å². The molecule has 0 bridgehead atoms. The summed E-state index contributed by atoms with van der Waals surface area (Å²) >= 11 is 0. The van der Waals surface area contributed by atoms with Crippen LogP contribution in [-0.2, 0) is 4.79 Å². The molecule has 1 nitrogen and oxygen atoms in total. The van der Waals surface area contributed by atoms with E-state index < -0.39 is 0 Å². The van der Waals surface area contributed by atoms with Crippen LogP contribution in [0.1, 0.15) is 39.0 Å². The first kappa shape index (κ1) is 8.51. The third kappa shape index (κ3) is 2.49. The molecule has 0 aromatic rings. The summed E-state index contributed by atoms with van der Waals surface area (Å²) in [5.74, 6) is 0.707. The van der Waals surface area contributed by atoms with Gasteiger partial charge in [0.25, 0.3) is 0 Å². The van der Waals surface area contributed by atoms with Crippen molar-refractivity contribution in [2.45, 2.75) is 39.0 Å². The van der Waals surface area contributed by atoms with Crippen molar-refractivity contribution in [2.24, 2.45) is 5.92 Å². The van der Waals surface area contributed by atoms with Crippen LogP contribution in [0.5, 0.6) is 0 Å². The number of Topliss-reactive ketones (excluding diaryl/α,β-unsaturated/α-hetero) is 1. The molecule has 1 unspecified atom stereocenters. The third-order valence-corrected chi connectivity index (χ3v) is 2.18. The van der Waals surface area contributed by atoms with E-state index in [0.29, 0.717) is 5.78 Å². The van der Waals surface area contributed by atoms with Crippen molar-refractivity contribution in [3.63, 3.8) is 0 Å². The van der Waals surface area contributed by atoms with Crippen LogP contribution in [0.25, 0.3) is 0 Å². The van der Waals surface area contributed by atoms with Gasteiger partial charge in [0.2, 0.25) is 0 Å². The highest BCUT2D eigenvalue weighted by Crippen LogP contribution is 2.22. The van der Waals surface area contributed by atoms with Gasteiger partial charge in [0.15, 0.2) is 0 Å². The highest BCUT2D eigenvalue weighted by Gasteiger charge is 2.20. The molecule has 0 N–H and O–H groups in total. The Bertz CT molecular complexity index is 158.